The van der Waals surface area contributed by atoms with Crippen molar-refractivity contribution in [2.45, 2.75) is 78.6 Å². The summed E-state index contributed by atoms with van der Waals surface area (Å²) in [6.45, 7) is 20.9. The predicted molar refractivity (Wildman–Crippen MR) is 167 cm³/mol. The average molecular weight is 586 g/mol. The van der Waals surface area contributed by atoms with Gasteiger partial charge in [0, 0.05) is 25.1 Å². The SMILES string of the molecule is CC(C)(C)c1cc(I)c2ccc3c(c2c1)c1cc(C(C)(C)C)cc2c4cc(C(C)(C)C)ccc4n3c21. The normalized spacial score (nSPS) is 13.8. The van der Waals surface area contributed by atoms with Crippen LogP contribution in [-0.2, 0) is 16.2 Å². The molecule has 6 aromatic rings. The van der Waals surface area contributed by atoms with Gasteiger partial charge in [0.05, 0.1) is 16.6 Å². The van der Waals surface area contributed by atoms with E-state index in [1.165, 1.54) is 69.1 Å². The Labute approximate surface area is 228 Å². The highest BCUT2D eigenvalue weighted by atomic mass is 127. The van der Waals surface area contributed by atoms with Crippen molar-refractivity contribution >= 4 is 71.5 Å². The number of fused-ring (bicyclic) bond motifs is 8. The minimum Gasteiger partial charge on any atom is -0.308 e. The van der Waals surface area contributed by atoms with Gasteiger partial charge in [-0.2, -0.15) is 0 Å². The van der Waals surface area contributed by atoms with Gasteiger partial charge in [-0.1, -0.05) is 74.4 Å². The second-order valence-corrected chi connectivity index (χ2v) is 14.9. The molecular weight excluding hydrogens is 549 g/mol. The Kier molecular flexibility index (Phi) is 4.92. The Hall–Kier alpha value is -2.33. The number of aromatic nitrogens is 1. The summed E-state index contributed by atoms with van der Waals surface area (Å²) in [6.07, 6.45) is 0. The van der Waals surface area contributed by atoms with E-state index in [0.717, 1.165) is 0 Å². The number of nitrogens with zero attached hydrogens (tertiary/aromatic N) is 1. The monoisotopic (exact) mass is 585 g/mol. The van der Waals surface area contributed by atoms with Gasteiger partial charge in [-0.05, 0) is 109 Å². The van der Waals surface area contributed by atoms with E-state index in [1.807, 2.05) is 0 Å². The highest BCUT2D eigenvalue weighted by Crippen LogP contribution is 2.45. The molecule has 0 atom stereocenters. The molecule has 1 nitrogen and oxygen atoms in total. The van der Waals surface area contributed by atoms with Crippen LogP contribution in [0.4, 0.5) is 0 Å². The smallest absolute Gasteiger partial charge is 0.0620 e. The fourth-order valence-electron chi connectivity index (χ4n) is 5.77. The number of benzene rings is 4. The van der Waals surface area contributed by atoms with Crippen molar-refractivity contribution in [3.8, 4) is 0 Å². The molecule has 0 aliphatic carbocycles. The van der Waals surface area contributed by atoms with Crippen LogP contribution in [0.5, 0.6) is 0 Å². The summed E-state index contributed by atoms with van der Waals surface area (Å²) in [4.78, 5) is 0. The summed E-state index contributed by atoms with van der Waals surface area (Å²) in [5.74, 6) is 0. The fourth-order valence-corrected chi connectivity index (χ4v) is 6.57. The van der Waals surface area contributed by atoms with Crippen molar-refractivity contribution in [1.82, 2.24) is 4.40 Å². The number of hydrogen-bond acceptors (Lipinski definition) is 0. The van der Waals surface area contributed by atoms with Crippen molar-refractivity contribution in [2.75, 3.05) is 0 Å². The topological polar surface area (TPSA) is 4.41 Å². The van der Waals surface area contributed by atoms with Crippen LogP contribution in [0.1, 0.15) is 79.0 Å². The predicted octanol–water partition coefficient (Wildman–Crippen LogP) is 10.5. The molecule has 0 unspecified atom stereocenters. The van der Waals surface area contributed by atoms with E-state index in [9.17, 15) is 0 Å². The quantitative estimate of drug-likeness (QED) is 0.156. The van der Waals surface area contributed by atoms with Gasteiger partial charge in [-0.25, -0.2) is 0 Å². The maximum atomic E-state index is 2.53. The van der Waals surface area contributed by atoms with Crippen molar-refractivity contribution in [1.29, 1.82) is 0 Å². The molecule has 36 heavy (non-hydrogen) atoms. The first-order valence-electron chi connectivity index (χ1n) is 13.1. The average Bonchev–Trinajstić information content (AvgIpc) is 3.28. The molecule has 0 N–H and O–H groups in total. The molecule has 0 bridgehead atoms. The van der Waals surface area contributed by atoms with Crippen LogP contribution in [0.25, 0.3) is 48.9 Å². The van der Waals surface area contributed by atoms with Gasteiger partial charge in [-0.15, -0.1) is 0 Å². The Morgan fingerprint density at radius 1 is 0.500 bits per heavy atom. The van der Waals surface area contributed by atoms with E-state index < -0.39 is 0 Å². The van der Waals surface area contributed by atoms with Gasteiger partial charge in [0.1, 0.15) is 0 Å². The number of hydrogen-bond donors (Lipinski definition) is 0. The second-order valence-electron chi connectivity index (χ2n) is 13.8. The first-order chi connectivity index (χ1) is 16.7. The van der Waals surface area contributed by atoms with E-state index in [2.05, 4.69) is 144 Å². The lowest BCUT2D eigenvalue weighted by molar-refractivity contribution is 0.590. The van der Waals surface area contributed by atoms with Crippen LogP contribution in [0, 0.1) is 3.57 Å². The molecule has 0 saturated heterocycles. The zero-order valence-electron chi connectivity index (χ0n) is 23.0. The van der Waals surface area contributed by atoms with Crippen molar-refractivity contribution < 1.29 is 0 Å². The standard InChI is InChI=1S/C34H36IN/c1-32(2,3)19-10-12-28-23(14-19)25-16-20(33(4,5)6)17-26-30-24-15-21(34(7,8)9)18-27(35)22(24)11-13-29(30)36(28)31(25)26/h10-18H,1-9H3. The van der Waals surface area contributed by atoms with E-state index in [0.29, 0.717) is 0 Å². The van der Waals surface area contributed by atoms with E-state index in [1.54, 1.807) is 0 Å². The van der Waals surface area contributed by atoms with Gasteiger partial charge < -0.3 is 4.40 Å². The third-order valence-corrected chi connectivity index (χ3v) is 8.92. The Bertz CT molecular complexity index is 1830. The molecule has 0 fully saturated rings. The number of halogens is 1. The Balaban J connectivity index is 1.89. The summed E-state index contributed by atoms with van der Waals surface area (Å²) < 4.78 is 3.86. The van der Waals surface area contributed by atoms with E-state index in [4.69, 9.17) is 0 Å². The Morgan fingerprint density at radius 3 is 1.67 bits per heavy atom. The van der Waals surface area contributed by atoms with Crippen molar-refractivity contribution in [2.24, 2.45) is 0 Å². The molecule has 6 rings (SSSR count). The van der Waals surface area contributed by atoms with Crippen LogP contribution in [0.3, 0.4) is 0 Å². The van der Waals surface area contributed by atoms with Gasteiger partial charge in [0.25, 0.3) is 0 Å². The number of rotatable bonds is 0. The lowest BCUT2D eigenvalue weighted by atomic mass is 9.83. The summed E-state index contributed by atoms with van der Waals surface area (Å²) >= 11 is 2.53. The molecular formula is C34H36IN. The second kappa shape index (κ2) is 7.37. The summed E-state index contributed by atoms with van der Waals surface area (Å²) in [7, 11) is 0. The van der Waals surface area contributed by atoms with E-state index in [-0.39, 0.29) is 16.2 Å². The molecule has 0 aliphatic rings. The molecule has 0 amide bonds. The molecule has 0 saturated carbocycles. The minimum atomic E-state index is 0.0685. The molecule has 2 aromatic heterocycles. The highest BCUT2D eigenvalue weighted by Gasteiger charge is 2.25. The maximum absolute atomic E-state index is 2.53. The highest BCUT2D eigenvalue weighted by molar-refractivity contribution is 14.1. The summed E-state index contributed by atoms with van der Waals surface area (Å²) in [5, 5.41) is 8.25. The maximum Gasteiger partial charge on any atom is 0.0620 e. The van der Waals surface area contributed by atoms with Gasteiger partial charge >= 0.3 is 0 Å². The molecule has 4 aromatic carbocycles. The zero-order chi connectivity index (χ0) is 25.9. The first-order valence-corrected chi connectivity index (χ1v) is 14.1. The first kappa shape index (κ1) is 24.0. The minimum absolute atomic E-state index is 0.0685. The summed E-state index contributed by atoms with van der Waals surface area (Å²) in [5.41, 5.74) is 8.46. The molecule has 184 valence electrons. The zero-order valence-corrected chi connectivity index (χ0v) is 25.2. The molecule has 0 spiro atoms. The molecule has 0 aliphatic heterocycles. The van der Waals surface area contributed by atoms with Crippen molar-refractivity contribution in [3.05, 3.63) is 74.9 Å². The third-order valence-electron chi connectivity index (χ3n) is 8.03. The lowest BCUT2D eigenvalue weighted by Crippen LogP contribution is -2.11. The molecule has 2 heteroatoms. The largest absolute Gasteiger partial charge is 0.308 e. The molecule has 2 heterocycles. The summed E-state index contributed by atoms with van der Waals surface area (Å²) in [6, 6.07) is 21.6. The van der Waals surface area contributed by atoms with Crippen LogP contribution >= 0.6 is 22.6 Å². The third kappa shape index (κ3) is 3.40. The van der Waals surface area contributed by atoms with Crippen LogP contribution in [0.15, 0.2) is 54.6 Å². The van der Waals surface area contributed by atoms with Gasteiger partial charge in [0.15, 0.2) is 0 Å². The molecule has 0 radical (unpaired) electrons. The van der Waals surface area contributed by atoms with Crippen LogP contribution in [0.2, 0.25) is 0 Å². The van der Waals surface area contributed by atoms with Crippen molar-refractivity contribution in [3.63, 3.8) is 0 Å². The van der Waals surface area contributed by atoms with Crippen LogP contribution < -0.4 is 0 Å². The van der Waals surface area contributed by atoms with Gasteiger partial charge in [-0.3, -0.25) is 0 Å². The van der Waals surface area contributed by atoms with Gasteiger partial charge in [0.2, 0.25) is 0 Å². The van der Waals surface area contributed by atoms with E-state index >= 15 is 0 Å². The fraction of sp³-hybridized carbons (Fsp3) is 0.353. The lowest BCUT2D eigenvalue weighted by Gasteiger charge is -2.21. The van der Waals surface area contributed by atoms with Crippen LogP contribution in [-0.4, -0.2) is 4.40 Å². The Morgan fingerprint density at radius 2 is 1.03 bits per heavy atom.